The highest BCUT2D eigenvalue weighted by atomic mass is 15.3. The number of fused-ring (bicyclic) bond motifs is 1. The third-order valence-corrected chi connectivity index (χ3v) is 5.34. The molecule has 2 aromatic rings. The summed E-state index contributed by atoms with van der Waals surface area (Å²) in [6.45, 7) is 10.8. The highest BCUT2D eigenvalue weighted by molar-refractivity contribution is 5.39. The number of nitrogens with zero attached hydrogens (tertiary/aromatic N) is 5. The molecule has 0 fully saturated rings. The highest BCUT2D eigenvalue weighted by Gasteiger charge is 2.24. The summed E-state index contributed by atoms with van der Waals surface area (Å²) in [5, 5.41) is 16.7. The third kappa shape index (κ3) is 3.41. The molecule has 3 heterocycles. The first-order chi connectivity index (χ1) is 11.0. The van der Waals surface area contributed by atoms with E-state index in [2.05, 4.69) is 59.1 Å². The summed E-state index contributed by atoms with van der Waals surface area (Å²) in [6.07, 6.45) is 8.58. The Labute approximate surface area is 138 Å². The van der Waals surface area contributed by atoms with Gasteiger partial charge in [-0.05, 0) is 31.6 Å². The second-order valence-electron chi connectivity index (χ2n) is 7.28. The summed E-state index contributed by atoms with van der Waals surface area (Å²) >= 11 is 0. The van der Waals surface area contributed by atoms with Crippen LogP contribution in [0, 0.1) is 5.41 Å². The maximum atomic E-state index is 4.47. The van der Waals surface area contributed by atoms with Crippen LogP contribution in [-0.2, 0) is 19.5 Å². The molecule has 23 heavy (non-hydrogen) atoms. The minimum atomic E-state index is 0.258. The van der Waals surface area contributed by atoms with Crippen LogP contribution < -0.4 is 5.32 Å². The van der Waals surface area contributed by atoms with Crippen molar-refractivity contribution in [1.29, 1.82) is 0 Å². The minimum Gasteiger partial charge on any atom is -0.380 e. The molecular weight excluding hydrogens is 288 g/mol. The van der Waals surface area contributed by atoms with Crippen LogP contribution in [0.2, 0.25) is 0 Å². The largest absolute Gasteiger partial charge is 0.380 e. The molecular formula is C17H28N6. The quantitative estimate of drug-likeness (QED) is 0.889. The predicted molar refractivity (Wildman–Crippen MR) is 91.4 cm³/mol. The molecule has 126 valence electrons. The molecule has 0 aliphatic carbocycles. The van der Waals surface area contributed by atoms with Crippen molar-refractivity contribution < 1.29 is 0 Å². The van der Waals surface area contributed by atoms with E-state index in [1.54, 1.807) is 0 Å². The van der Waals surface area contributed by atoms with Crippen molar-refractivity contribution >= 4 is 5.69 Å². The first-order valence-corrected chi connectivity index (χ1v) is 8.69. The van der Waals surface area contributed by atoms with Gasteiger partial charge < -0.3 is 9.88 Å². The lowest BCUT2D eigenvalue weighted by molar-refractivity contribution is 0.306. The number of aryl methyl sites for hydroxylation is 1. The van der Waals surface area contributed by atoms with Gasteiger partial charge >= 0.3 is 0 Å². The van der Waals surface area contributed by atoms with E-state index >= 15 is 0 Å². The number of anilines is 1. The summed E-state index contributed by atoms with van der Waals surface area (Å²) in [4.78, 5) is 0. The first kappa shape index (κ1) is 16.0. The molecule has 2 aromatic heterocycles. The predicted octanol–water partition coefficient (Wildman–Crippen LogP) is 3.10. The van der Waals surface area contributed by atoms with Crippen LogP contribution in [0.1, 0.15) is 58.6 Å². The smallest absolute Gasteiger partial charge is 0.154 e. The molecule has 3 rings (SSSR count). The van der Waals surface area contributed by atoms with Crippen LogP contribution in [0.4, 0.5) is 5.69 Å². The number of aromatic nitrogens is 5. The summed E-state index contributed by atoms with van der Waals surface area (Å²) < 4.78 is 4.20. The number of hydrogen-bond donors (Lipinski definition) is 1. The van der Waals surface area contributed by atoms with Gasteiger partial charge in [0.2, 0.25) is 0 Å². The average molecular weight is 316 g/mol. The Balaban J connectivity index is 1.67. The van der Waals surface area contributed by atoms with E-state index in [0.717, 1.165) is 36.7 Å². The first-order valence-electron chi connectivity index (χ1n) is 8.69. The van der Waals surface area contributed by atoms with Crippen molar-refractivity contribution in [2.75, 3.05) is 5.32 Å². The van der Waals surface area contributed by atoms with E-state index < -0.39 is 0 Å². The maximum Gasteiger partial charge on any atom is 0.154 e. The Morgan fingerprint density at radius 3 is 2.91 bits per heavy atom. The SMILES string of the molecule is CCC(C)(C)C(C)Nc1cnn(Cc2nnc3n2CCCC3)c1. The fourth-order valence-electron chi connectivity index (χ4n) is 2.91. The summed E-state index contributed by atoms with van der Waals surface area (Å²) in [6, 6.07) is 0.394. The van der Waals surface area contributed by atoms with E-state index in [0.29, 0.717) is 12.6 Å². The fourth-order valence-corrected chi connectivity index (χ4v) is 2.91. The lowest BCUT2D eigenvalue weighted by Gasteiger charge is -2.31. The van der Waals surface area contributed by atoms with Gasteiger partial charge in [-0.3, -0.25) is 4.68 Å². The molecule has 1 aliphatic heterocycles. The van der Waals surface area contributed by atoms with E-state index in [1.807, 2.05) is 10.9 Å². The molecule has 0 radical (unpaired) electrons. The summed E-state index contributed by atoms with van der Waals surface area (Å²) in [7, 11) is 0. The highest BCUT2D eigenvalue weighted by Crippen LogP contribution is 2.27. The Kier molecular flexibility index (Phi) is 4.41. The van der Waals surface area contributed by atoms with Crippen LogP contribution in [0.3, 0.4) is 0 Å². The van der Waals surface area contributed by atoms with E-state index in [1.165, 1.54) is 12.8 Å². The van der Waals surface area contributed by atoms with Crippen molar-refractivity contribution in [3.05, 3.63) is 24.0 Å². The molecule has 0 bridgehead atoms. The third-order valence-electron chi connectivity index (χ3n) is 5.34. The normalized spacial score (nSPS) is 16.2. The molecule has 0 aromatic carbocycles. The molecule has 6 nitrogen and oxygen atoms in total. The molecule has 0 saturated heterocycles. The molecule has 0 saturated carbocycles. The molecule has 0 amide bonds. The van der Waals surface area contributed by atoms with Crippen molar-refractivity contribution in [2.24, 2.45) is 5.41 Å². The molecule has 6 heteroatoms. The molecule has 1 atom stereocenters. The van der Waals surface area contributed by atoms with Gasteiger partial charge in [0.05, 0.1) is 11.9 Å². The molecule has 0 spiro atoms. The number of hydrogen-bond acceptors (Lipinski definition) is 4. The van der Waals surface area contributed by atoms with E-state index in [4.69, 9.17) is 0 Å². The Morgan fingerprint density at radius 1 is 1.30 bits per heavy atom. The van der Waals surface area contributed by atoms with Gasteiger partial charge in [-0.15, -0.1) is 10.2 Å². The van der Waals surface area contributed by atoms with Crippen LogP contribution in [0.15, 0.2) is 12.4 Å². The molecule has 1 unspecified atom stereocenters. The van der Waals surface area contributed by atoms with Crippen LogP contribution in [0.5, 0.6) is 0 Å². The Bertz CT molecular complexity index is 654. The second kappa shape index (κ2) is 6.34. The van der Waals surface area contributed by atoms with Crippen LogP contribution >= 0.6 is 0 Å². The summed E-state index contributed by atoms with van der Waals surface area (Å²) in [5.41, 5.74) is 1.33. The summed E-state index contributed by atoms with van der Waals surface area (Å²) in [5.74, 6) is 2.13. The van der Waals surface area contributed by atoms with Gasteiger partial charge in [-0.2, -0.15) is 5.10 Å². The number of rotatable bonds is 6. The van der Waals surface area contributed by atoms with Crippen molar-refractivity contribution in [3.63, 3.8) is 0 Å². The molecule has 1 aliphatic rings. The monoisotopic (exact) mass is 316 g/mol. The van der Waals surface area contributed by atoms with Gasteiger partial charge in [-0.1, -0.05) is 20.8 Å². The van der Waals surface area contributed by atoms with E-state index in [9.17, 15) is 0 Å². The van der Waals surface area contributed by atoms with Crippen LogP contribution in [-0.4, -0.2) is 30.6 Å². The van der Waals surface area contributed by atoms with Crippen molar-refractivity contribution in [3.8, 4) is 0 Å². The standard InChI is InChI=1S/C17H28N6/c1-5-17(3,4)13(2)19-14-10-18-22(11-14)12-16-21-20-15-8-6-7-9-23(15)16/h10-11,13,19H,5-9,12H2,1-4H3. The lowest BCUT2D eigenvalue weighted by atomic mass is 9.83. The fraction of sp³-hybridized carbons (Fsp3) is 0.706. The Hall–Kier alpha value is -1.85. The van der Waals surface area contributed by atoms with Crippen LogP contribution in [0.25, 0.3) is 0 Å². The van der Waals surface area contributed by atoms with E-state index in [-0.39, 0.29) is 5.41 Å². The lowest BCUT2D eigenvalue weighted by Crippen LogP contribution is -2.32. The van der Waals surface area contributed by atoms with Crippen molar-refractivity contribution in [1.82, 2.24) is 24.5 Å². The van der Waals surface area contributed by atoms with Gasteiger partial charge in [0.15, 0.2) is 5.82 Å². The minimum absolute atomic E-state index is 0.258. The van der Waals surface area contributed by atoms with Crippen molar-refractivity contribution in [2.45, 2.75) is 72.5 Å². The zero-order valence-corrected chi connectivity index (χ0v) is 14.7. The molecule has 1 N–H and O–H groups in total. The zero-order chi connectivity index (χ0) is 16.4. The zero-order valence-electron chi connectivity index (χ0n) is 14.7. The van der Waals surface area contributed by atoms with Gasteiger partial charge in [-0.25, -0.2) is 0 Å². The second-order valence-corrected chi connectivity index (χ2v) is 7.28. The number of nitrogens with one attached hydrogen (secondary N) is 1. The Morgan fingerprint density at radius 2 is 2.13 bits per heavy atom. The van der Waals surface area contributed by atoms with Gasteiger partial charge in [0, 0.05) is 25.2 Å². The maximum absolute atomic E-state index is 4.47. The average Bonchev–Trinajstić information content (AvgIpc) is 3.15. The van der Waals surface area contributed by atoms with Gasteiger partial charge in [0.25, 0.3) is 0 Å². The topological polar surface area (TPSA) is 60.6 Å². The van der Waals surface area contributed by atoms with Gasteiger partial charge in [0.1, 0.15) is 12.4 Å².